The van der Waals surface area contributed by atoms with E-state index in [2.05, 4.69) is 21.0 Å². The van der Waals surface area contributed by atoms with Crippen LogP contribution in [0.5, 0.6) is 5.75 Å². The predicted molar refractivity (Wildman–Crippen MR) is 173 cm³/mol. The number of amides is 2. The number of anilines is 1. The summed E-state index contributed by atoms with van der Waals surface area (Å²) in [7, 11) is 4.16. The van der Waals surface area contributed by atoms with Crippen molar-refractivity contribution < 1.29 is 18.7 Å². The van der Waals surface area contributed by atoms with Crippen LogP contribution in [0.25, 0.3) is 22.3 Å². The summed E-state index contributed by atoms with van der Waals surface area (Å²) in [5.74, 6) is -0.703. The fourth-order valence-corrected chi connectivity index (χ4v) is 5.86. The number of rotatable bonds is 9. The summed E-state index contributed by atoms with van der Waals surface area (Å²) in [6.07, 6.45) is 1.23. The monoisotopic (exact) mass is 628 g/mol. The van der Waals surface area contributed by atoms with Gasteiger partial charge in [0.05, 0.1) is 7.11 Å². The van der Waals surface area contributed by atoms with E-state index in [9.17, 15) is 19.2 Å². The van der Waals surface area contributed by atoms with Crippen molar-refractivity contribution >= 4 is 17.5 Å². The molecule has 240 valence electrons. The SMILES string of the molecule is COc1cc(-c2cccc(-c3cccc(NC(=O)c4nn(C)c(=O)n(C)c4=O)c3C)c2C)cc(F)c1CN[C@@H](C)C1CCC(=O)N1. The second-order valence-electron chi connectivity index (χ2n) is 11.6. The normalized spacial score (nSPS) is 15.0. The lowest BCUT2D eigenvalue weighted by Gasteiger charge is -2.22. The first-order valence-electron chi connectivity index (χ1n) is 15.0. The molecule has 2 atom stereocenters. The fourth-order valence-electron chi connectivity index (χ4n) is 5.86. The van der Waals surface area contributed by atoms with E-state index in [4.69, 9.17) is 4.74 Å². The van der Waals surface area contributed by atoms with Gasteiger partial charge in [0.15, 0.2) is 0 Å². The summed E-state index contributed by atoms with van der Waals surface area (Å²) in [4.78, 5) is 49.3. The van der Waals surface area contributed by atoms with E-state index in [0.717, 1.165) is 43.5 Å². The van der Waals surface area contributed by atoms with Crippen molar-refractivity contribution in [2.75, 3.05) is 12.4 Å². The molecule has 4 aromatic rings. The van der Waals surface area contributed by atoms with Crippen LogP contribution in [0, 0.1) is 19.7 Å². The van der Waals surface area contributed by atoms with Crippen LogP contribution in [0.4, 0.5) is 10.1 Å². The number of hydrogen-bond acceptors (Lipinski definition) is 7. The van der Waals surface area contributed by atoms with Crippen molar-refractivity contribution in [2.45, 2.75) is 52.2 Å². The summed E-state index contributed by atoms with van der Waals surface area (Å²) in [5.41, 5.74) is 3.84. The van der Waals surface area contributed by atoms with E-state index in [0.29, 0.717) is 29.0 Å². The minimum absolute atomic E-state index is 0.000848. The van der Waals surface area contributed by atoms with Crippen molar-refractivity contribution in [3.05, 3.63) is 97.6 Å². The van der Waals surface area contributed by atoms with Gasteiger partial charge in [0.25, 0.3) is 11.5 Å². The maximum absolute atomic E-state index is 15.6. The molecule has 1 fully saturated rings. The van der Waals surface area contributed by atoms with Crippen LogP contribution in [-0.4, -0.2) is 45.4 Å². The minimum atomic E-state index is -0.792. The molecule has 0 aliphatic carbocycles. The van der Waals surface area contributed by atoms with Gasteiger partial charge in [0, 0.05) is 50.4 Å². The zero-order valence-corrected chi connectivity index (χ0v) is 26.7. The molecule has 1 unspecified atom stereocenters. The maximum Gasteiger partial charge on any atom is 0.346 e. The van der Waals surface area contributed by atoms with Gasteiger partial charge in [0.2, 0.25) is 11.6 Å². The van der Waals surface area contributed by atoms with Gasteiger partial charge in [-0.3, -0.25) is 19.0 Å². The second kappa shape index (κ2) is 13.1. The zero-order chi connectivity index (χ0) is 33.3. The second-order valence-corrected chi connectivity index (χ2v) is 11.6. The van der Waals surface area contributed by atoms with Crippen molar-refractivity contribution in [3.63, 3.8) is 0 Å². The summed E-state index contributed by atoms with van der Waals surface area (Å²) in [6.45, 7) is 6.01. The quantitative estimate of drug-likeness (QED) is 0.258. The molecule has 0 spiro atoms. The van der Waals surface area contributed by atoms with Gasteiger partial charge in [-0.15, -0.1) is 0 Å². The lowest BCUT2D eigenvalue weighted by atomic mass is 9.90. The van der Waals surface area contributed by atoms with Crippen LogP contribution < -0.4 is 31.9 Å². The fraction of sp³-hybridized carbons (Fsp3) is 0.324. The van der Waals surface area contributed by atoms with Gasteiger partial charge >= 0.3 is 5.69 Å². The first-order valence-corrected chi connectivity index (χ1v) is 15.0. The Morgan fingerprint density at radius 3 is 2.41 bits per heavy atom. The number of carbonyl (C=O) groups is 2. The molecule has 1 aliphatic heterocycles. The largest absolute Gasteiger partial charge is 0.496 e. The Kier molecular flexibility index (Phi) is 9.19. The number of nitrogens with one attached hydrogen (secondary N) is 3. The van der Waals surface area contributed by atoms with Crippen molar-refractivity contribution in [1.29, 1.82) is 0 Å². The van der Waals surface area contributed by atoms with Crippen LogP contribution in [0.2, 0.25) is 0 Å². The predicted octanol–water partition coefficient (Wildman–Crippen LogP) is 3.59. The molecular formula is C34H37FN6O5. The third-order valence-electron chi connectivity index (χ3n) is 8.66. The van der Waals surface area contributed by atoms with Crippen LogP contribution in [-0.2, 0) is 25.4 Å². The van der Waals surface area contributed by atoms with E-state index in [1.807, 2.05) is 51.1 Å². The number of halogens is 1. The Morgan fingerprint density at radius 2 is 1.74 bits per heavy atom. The Bertz CT molecular complexity index is 1970. The van der Waals surface area contributed by atoms with E-state index < -0.39 is 28.7 Å². The highest BCUT2D eigenvalue weighted by molar-refractivity contribution is 6.03. The molecule has 46 heavy (non-hydrogen) atoms. The molecule has 3 aromatic carbocycles. The molecule has 5 rings (SSSR count). The highest BCUT2D eigenvalue weighted by Crippen LogP contribution is 2.37. The summed E-state index contributed by atoms with van der Waals surface area (Å²) < 4.78 is 23.0. The Labute approximate surface area is 265 Å². The molecule has 11 nitrogen and oxygen atoms in total. The average molecular weight is 629 g/mol. The molecule has 0 saturated carbocycles. The van der Waals surface area contributed by atoms with Gasteiger partial charge in [-0.05, 0) is 78.8 Å². The molecule has 0 radical (unpaired) electrons. The Morgan fingerprint density at radius 1 is 1.07 bits per heavy atom. The molecule has 1 saturated heterocycles. The number of benzene rings is 3. The molecule has 1 aromatic heterocycles. The van der Waals surface area contributed by atoms with E-state index in [1.165, 1.54) is 27.3 Å². The van der Waals surface area contributed by atoms with E-state index in [-0.39, 0.29) is 24.5 Å². The van der Waals surface area contributed by atoms with Crippen LogP contribution >= 0.6 is 0 Å². The number of ether oxygens (including phenoxy) is 1. The Balaban J connectivity index is 1.43. The molecular weight excluding hydrogens is 591 g/mol. The standard InChI is InChI=1S/C34H37FN6O5/c1-18-22(21-15-26(35)25(29(16-21)46-6)17-36-20(3)28-13-14-30(42)37-28)9-7-10-23(18)24-11-8-12-27(19(24)2)38-32(43)31-33(44)40(4)34(45)41(5)39-31/h7-12,15-16,20,28,36H,13-14,17H2,1-6H3,(H,37,42)(H,38,43)/t20-,28?/m0/s1. The number of aromatic nitrogens is 3. The number of hydrogen-bond donors (Lipinski definition) is 3. The summed E-state index contributed by atoms with van der Waals surface area (Å²) in [6, 6.07) is 14.5. The summed E-state index contributed by atoms with van der Waals surface area (Å²) in [5, 5.41) is 12.9. The minimum Gasteiger partial charge on any atom is -0.496 e. The van der Waals surface area contributed by atoms with Crippen LogP contribution in [0.1, 0.15) is 46.9 Å². The lowest BCUT2D eigenvalue weighted by Crippen LogP contribution is -2.43. The van der Waals surface area contributed by atoms with Crippen molar-refractivity contribution in [2.24, 2.45) is 14.1 Å². The zero-order valence-electron chi connectivity index (χ0n) is 26.7. The third kappa shape index (κ3) is 6.20. The summed E-state index contributed by atoms with van der Waals surface area (Å²) >= 11 is 0. The third-order valence-corrected chi connectivity index (χ3v) is 8.66. The average Bonchev–Trinajstić information content (AvgIpc) is 3.48. The molecule has 12 heteroatoms. The van der Waals surface area contributed by atoms with Gasteiger partial charge in [-0.1, -0.05) is 30.3 Å². The number of nitrogens with zero attached hydrogens (tertiary/aromatic N) is 3. The van der Waals surface area contributed by atoms with Gasteiger partial charge in [-0.2, -0.15) is 5.10 Å². The molecule has 1 aliphatic rings. The number of methoxy groups -OCH3 is 1. The maximum atomic E-state index is 15.6. The van der Waals surface area contributed by atoms with Crippen molar-refractivity contribution in [1.82, 2.24) is 25.0 Å². The lowest BCUT2D eigenvalue weighted by molar-refractivity contribution is -0.119. The smallest absolute Gasteiger partial charge is 0.346 e. The van der Waals surface area contributed by atoms with E-state index >= 15 is 4.39 Å². The number of carbonyl (C=O) groups excluding carboxylic acids is 2. The van der Waals surface area contributed by atoms with Crippen molar-refractivity contribution in [3.8, 4) is 28.0 Å². The molecule has 0 bridgehead atoms. The molecule has 2 heterocycles. The first-order chi connectivity index (χ1) is 21.9. The van der Waals surface area contributed by atoms with Crippen LogP contribution in [0.15, 0.2) is 58.1 Å². The van der Waals surface area contributed by atoms with Gasteiger partial charge in [0.1, 0.15) is 11.6 Å². The molecule has 3 N–H and O–H groups in total. The Hall–Kier alpha value is -5.10. The van der Waals surface area contributed by atoms with Crippen LogP contribution in [0.3, 0.4) is 0 Å². The van der Waals surface area contributed by atoms with Gasteiger partial charge in [-0.25, -0.2) is 13.9 Å². The highest BCUT2D eigenvalue weighted by atomic mass is 19.1. The van der Waals surface area contributed by atoms with E-state index in [1.54, 1.807) is 12.1 Å². The van der Waals surface area contributed by atoms with Gasteiger partial charge < -0.3 is 20.7 Å². The molecule has 2 amide bonds. The highest BCUT2D eigenvalue weighted by Gasteiger charge is 2.26. The first kappa shape index (κ1) is 32.3. The number of aryl methyl sites for hydroxylation is 1. The topological polar surface area (TPSA) is 136 Å².